The predicted molar refractivity (Wildman–Crippen MR) is 81.5 cm³/mol. The highest BCUT2D eigenvalue weighted by molar-refractivity contribution is 6.03. The van der Waals surface area contributed by atoms with Gasteiger partial charge in [-0.25, -0.2) is 4.79 Å². The van der Waals surface area contributed by atoms with Crippen molar-refractivity contribution in [2.24, 2.45) is 11.3 Å². The molecule has 1 saturated heterocycles. The van der Waals surface area contributed by atoms with E-state index in [-0.39, 0.29) is 17.4 Å². The van der Waals surface area contributed by atoms with Crippen LogP contribution in [-0.4, -0.2) is 30.1 Å². The normalized spacial score (nSPS) is 21.5. The SMILES string of the molecule is Cc1cccc(NC(=O)C2(C(C)C)CCNC2)c1C(=O)O. The minimum Gasteiger partial charge on any atom is -0.478 e. The fourth-order valence-corrected chi connectivity index (χ4v) is 2.96. The molecule has 3 N–H and O–H groups in total. The molecule has 1 atom stereocenters. The van der Waals surface area contributed by atoms with Crippen molar-refractivity contribution in [3.63, 3.8) is 0 Å². The van der Waals surface area contributed by atoms with Gasteiger partial charge in [-0.2, -0.15) is 0 Å². The van der Waals surface area contributed by atoms with E-state index in [9.17, 15) is 14.7 Å². The van der Waals surface area contributed by atoms with Crippen molar-refractivity contribution in [1.82, 2.24) is 5.32 Å². The number of carbonyl (C=O) groups excluding carboxylic acids is 1. The zero-order valence-electron chi connectivity index (χ0n) is 12.7. The van der Waals surface area contributed by atoms with Crippen LogP contribution in [0.5, 0.6) is 0 Å². The summed E-state index contributed by atoms with van der Waals surface area (Å²) in [5, 5.41) is 15.4. The van der Waals surface area contributed by atoms with Gasteiger partial charge in [-0.3, -0.25) is 4.79 Å². The third-order valence-electron chi connectivity index (χ3n) is 4.48. The van der Waals surface area contributed by atoms with Gasteiger partial charge in [0.15, 0.2) is 0 Å². The number of carboxylic acids is 1. The van der Waals surface area contributed by atoms with E-state index < -0.39 is 11.4 Å². The van der Waals surface area contributed by atoms with Crippen LogP contribution in [0.4, 0.5) is 5.69 Å². The molecule has 1 aliphatic heterocycles. The van der Waals surface area contributed by atoms with Crippen molar-refractivity contribution in [3.8, 4) is 0 Å². The number of hydrogen-bond donors (Lipinski definition) is 3. The van der Waals surface area contributed by atoms with Crippen LogP contribution in [0.1, 0.15) is 36.2 Å². The second kappa shape index (κ2) is 5.85. The van der Waals surface area contributed by atoms with Gasteiger partial charge < -0.3 is 15.7 Å². The molecule has 1 heterocycles. The maximum absolute atomic E-state index is 12.7. The summed E-state index contributed by atoms with van der Waals surface area (Å²) in [6.45, 7) is 7.23. The fraction of sp³-hybridized carbons (Fsp3) is 0.500. The Kier molecular flexibility index (Phi) is 4.32. The summed E-state index contributed by atoms with van der Waals surface area (Å²) in [6.07, 6.45) is 0.769. The van der Waals surface area contributed by atoms with Gasteiger partial charge in [0.2, 0.25) is 5.91 Å². The summed E-state index contributed by atoms with van der Waals surface area (Å²) < 4.78 is 0. The van der Waals surface area contributed by atoms with E-state index in [0.29, 0.717) is 17.8 Å². The lowest BCUT2D eigenvalue weighted by atomic mass is 9.75. The number of hydrogen-bond acceptors (Lipinski definition) is 3. The third-order valence-corrected chi connectivity index (χ3v) is 4.48. The van der Waals surface area contributed by atoms with Crippen LogP contribution < -0.4 is 10.6 Å². The highest BCUT2D eigenvalue weighted by atomic mass is 16.4. The fourth-order valence-electron chi connectivity index (χ4n) is 2.96. The minimum atomic E-state index is -1.02. The number of aromatic carboxylic acids is 1. The first kappa shape index (κ1) is 15.5. The number of benzene rings is 1. The lowest BCUT2D eigenvalue weighted by Gasteiger charge is -2.31. The lowest BCUT2D eigenvalue weighted by molar-refractivity contribution is -0.126. The Bertz CT molecular complexity index is 561. The molecular weight excluding hydrogens is 268 g/mol. The van der Waals surface area contributed by atoms with Crippen LogP contribution in [0.3, 0.4) is 0 Å². The van der Waals surface area contributed by atoms with E-state index in [1.165, 1.54) is 0 Å². The lowest BCUT2D eigenvalue weighted by Crippen LogP contribution is -2.42. The van der Waals surface area contributed by atoms with Gasteiger partial charge in [0, 0.05) is 6.54 Å². The Morgan fingerprint density at radius 2 is 2.10 bits per heavy atom. The Hall–Kier alpha value is -1.88. The Labute approximate surface area is 124 Å². The summed E-state index contributed by atoms with van der Waals surface area (Å²) in [5.74, 6) is -0.937. The zero-order chi connectivity index (χ0) is 15.6. The smallest absolute Gasteiger partial charge is 0.338 e. The van der Waals surface area contributed by atoms with Gasteiger partial charge in [0.05, 0.1) is 16.7 Å². The van der Waals surface area contributed by atoms with Gasteiger partial charge >= 0.3 is 5.97 Å². The largest absolute Gasteiger partial charge is 0.478 e. The molecular formula is C16H22N2O3. The van der Waals surface area contributed by atoms with Gasteiger partial charge in [-0.1, -0.05) is 26.0 Å². The van der Waals surface area contributed by atoms with Crippen LogP contribution in [0.2, 0.25) is 0 Å². The van der Waals surface area contributed by atoms with Gasteiger partial charge in [-0.05, 0) is 37.4 Å². The van der Waals surface area contributed by atoms with Crippen LogP contribution in [-0.2, 0) is 4.79 Å². The van der Waals surface area contributed by atoms with Crippen LogP contribution in [0.25, 0.3) is 0 Å². The van der Waals surface area contributed by atoms with E-state index in [1.54, 1.807) is 25.1 Å². The van der Waals surface area contributed by atoms with Crippen LogP contribution in [0, 0.1) is 18.3 Å². The number of aryl methyl sites for hydroxylation is 1. The molecule has 0 bridgehead atoms. The quantitative estimate of drug-likeness (QED) is 0.795. The van der Waals surface area contributed by atoms with E-state index in [2.05, 4.69) is 10.6 Å². The van der Waals surface area contributed by atoms with E-state index in [1.807, 2.05) is 13.8 Å². The van der Waals surface area contributed by atoms with Gasteiger partial charge in [0.25, 0.3) is 0 Å². The molecule has 0 aromatic heterocycles. The summed E-state index contributed by atoms with van der Waals surface area (Å²) in [5.41, 5.74) is 0.707. The molecule has 1 aromatic rings. The maximum Gasteiger partial charge on any atom is 0.338 e. The summed E-state index contributed by atoms with van der Waals surface area (Å²) >= 11 is 0. The van der Waals surface area contributed by atoms with Crippen LogP contribution >= 0.6 is 0 Å². The molecule has 1 fully saturated rings. The molecule has 5 heteroatoms. The molecule has 0 aliphatic carbocycles. The molecule has 2 rings (SSSR count). The number of rotatable bonds is 4. The first-order valence-corrected chi connectivity index (χ1v) is 7.23. The molecule has 1 aromatic carbocycles. The summed E-state index contributed by atoms with van der Waals surface area (Å²) in [4.78, 5) is 24.1. The van der Waals surface area contributed by atoms with Crippen molar-refractivity contribution < 1.29 is 14.7 Å². The highest BCUT2D eigenvalue weighted by Crippen LogP contribution is 2.36. The summed E-state index contributed by atoms with van der Waals surface area (Å²) in [7, 11) is 0. The Morgan fingerprint density at radius 3 is 2.62 bits per heavy atom. The van der Waals surface area contributed by atoms with Gasteiger partial charge in [-0.15, -0.1) is 0 Å². The van der Waals surface area contributed by atoms with Gasteiger partial charge in [0.1, 0.15) is 0 Å². The Morgan fingerprint density at radius 1 is 1.38 bits per heavy atom. The average molecular weight is 290 g/mol. The highest BCUT2D eigenvalue weighted by Gasteiger charge is 2.44. The molecule has 21 heavy (non-hydrogen) atoms. The topological polar surface area (TPSA) is 78.4 Å². The van der Waals surface area contributed by atoms with E-state index >= 15 is 0 Å². The Balaban J connectivity index is 2.32. The number of amides is 1. The van der Waals surface area contributed by atoms with Crippen LogP contribution in [0.15, 0.2) is 18.2 Å². The maximum atomic E-state index is 12.7. The average Bonchev–Trinajstić information content (AvgIpc) is 2.88. The first-order valence-electron chi connectivity index (χ1n) is 7.23. The van der Waals surface area contributed by atoms with Crippen molar-refractivity contribution >= 4 is 17.6 Å². The van der Waals surface area contributed by atoms with Crippen molar-refractivity contribution in [2.75, 3.05) is 18.4 Å². The van der Waals surface area contributed by atoms with Crippen molar-refractivity contribution in [2.45, 2.75) is 27.2 Å². The molecule has 1 unspecified atom stereocenters. The molecule has 1 amide bonds. The number of carboxylic acid groups (broad SMARTS) is 1. The van der Waals surface area contributed by atoms with E-state index in [0.717, 1.165) is 13.0 Å². The zero-order valence-corrected chi connectivity index (χ0v) is 12.7. The number of carbonyl (C=O) groups is 2. The molecule has 0 saturated carbocycles. The molecule has 114 valence electrons. The van der Waals surface area contributed by atoms with Crippen molar-refractivity contribution in [3.05, 3.63) is 29.3 Å². The minimum absolute atomic E-state index is 0.101. The molecule has 0 radical (unpaired) electrons. The monoisotopic (exact) mass is 290 g/mol. The molecule has 0 spiro atoms. The second-order valence-corrected chi connectivity index (χ2v) is 5.99. The van der Waals surface area contributed by atoms with E-state index in [4.69, 9.17) is 0 Å². The standard InChI is InChI=1S/C16H22N2O3/c1-10(2)16(7-8-17-9-16)15(21)18-12-6-4-5-11(3)13(12)14(19)20/h4-6,10,17H,7-9H2,1-3H3,(H,18,21)(H,19,20). The first-order chi connectivity index (χ1) is 9.88. The number of anilines is 1. The predicted octanol–water partition coefficient (Wildman–Crippen LogP) is 2.27. The summed E-state index contributed by atoms with van der Waals surface area (Å²) in [6, 6.07) is 5.13. The molecule has 1 aliphatic rings. The second-order valence-electron chi connectivity index (χ2n) is 5.99. The van der Waals surface area contributed by atoms with Crippen molar-refractivity contribution in [1.29, 1.82) is 0 Å². The number of nitrogens with one attached hydrogen (secondary N) is 2. The molecule has 5 nitrogen and oxygen atoms in total. The third kappa shape index (κ3) is 2.78.